The number of benzene rings is 1. The smallest absolute Gasteiger partial charge is 0.464 e. The Bertz CT molecular complexity index is 118. The molecule has 0 radical (unpaired) electrons. The Morgan fingerprint density at radius 3 is 1.38 bits per heavy atom. The molecule has 4 heteroatoms. The summed E-state index contributed by atoms with van der Waals surface area (Å²) in [5.74, 6) is 0. The zero-order chi connectivity index (χ0) is 7.82. The van der Waals surface area contributed by atoms with E-state index in [1.54, 1.807) is 4.90 Å². The third kappa shape index (κ3) is 32.9. The first-order valence-corrected chi connectivity index (χ1v) is 3.12. The van der Waals surface area contributed by atoms with Gasteiger partial charge in [-0.15, -0.1) is 24.8 Å². The molecule has 0 fully saturated rings. The first-order valence-electron chi connectivity index (χ1n) is 3.12. The minimum Gasteiger partial charge on any atom is -0.464 e. The number of rotatable bonds is 0. The molecule has 0 bridgehead atoms. The normalized spacial score (nSPS) is 6.46. The molecule has 1 rings (SSSR count). The van der Waals surface area contributed by atoms with Gasteiger partial charge in [0.05, 0.1) is 0 Å². The first kappa shape index (κ1) is 23.3. The fraction of sp³-hybridized carbons (Fsp3) is 0.222. The van der Waals surface area contributed by atoms with Crippen LogP contribution < -0.4 is 0 Å². The number of hydrogen-bond donors (Lipinski definition) is 0. The zero-order valence-electron chi connectivity index (χ0n) is 7.77. The van der Waals surface area contributed by atoms with E-state index >= 15 is 0 Å². The van der Waals surface area contributed by atoms with E-state index in [1.165, 1.54) is 0 Å². The average molecular weight is 260 g/mol. The van der Waals surface area contributed by atoms with Crippen LogP contribution in [0.25, 0.3) is 0 Å². The maximum absolute atomic E-state index is 3.47. The molecule has 76 valence electrons. The van der Waals surface area contributed by atoms with Crippen LogP contribution in [0, 0.1) is 13.1 Å². The van der Waals surface area contributed by atoms with Crippen LogP contribution in [0.1, 0.15) is 0 Å². The van der Waals surface area contributed by atoms with Crippen molar-refractivity contribution in [3.05, 3.63) is 43.4 Å². The number of nitrogens with zero attached hydrogens (tertiary/aromatic N) is 1. The van der Waals surface area contributed by atoms with Gasteiger partial charge in [0.2, 0.25) is 0 Å². The fourth-order valence-corrected chi connectivity index (χ4v) is 0.342. The summed E-state index contributed by atoms with van der Waals surface area (Å²) in [6.07, 6.45) is 0. The van der Waals surface area contributed by atoms with Crippen molar-refractivity contribution in [3.63, 3.8) is 0 Å². The second-order valence-corrected chi connectivity index (χ2v) is 2.16. The maximum atomic E-state index is 3.47. The van der Waals surface area contributed by atoms with Crippen LogP contribution in [0.3, 0.4) is 0 Å². The molecule has 0 saturated carbocycles. The van der Waals surface area contributed by atoms with Gasteiger partial charge >= 0.3 is 17.4 Å². The van der Waals surface area contributed by atoms with E-state index in [-0.39, 0.29) is 42.2 Å². The van der Waals surface area contributed by atoms with Gasteiger partial charge in [-0.1, -0.05) is 0 Å². The Hall–Kier alpha value is 0.292. The molecule has 1 aromatic rings. The minimum atomic E-state index is 0. The van der Waals surface area contributed by atoms with Crippen LogP contribution in [0.4, 0.5) is 0 Å². The molecule has 0 aliphatic carbocycles. The summed E-state index contributed by atoms with van der Waals surface area (Å²) in [5, 5.41) is 0. The van der Waals surface area contributed by atoms with E-state index in [4.69, 9.17) is 0 Å². The molecule has 0 aromatic heterocycles. The summed E-state index contributed by atoms with van der Waals surface area (Å²) in [4.78, 5) is 1.75. The van der Waals surface area contributed by atoms with Gasteiger partial charge < -0.3 is 4.90 Å². The second kappa shape index (κ2) is 18.2. The third-order valence-corrected chi connectivity index (χ3v) is 0.607. The Balaban J connectivity index is -0.0000000536. The van der Waals surface area contributed by atoms with Crippen molar-refractivity contribution in [1.29, 1.82) is 0 Å². The first-order chi connectivity index (χ1) is 4.73. The molecule has 0 unspecified atom stereocenters. The molecule has 13 heavy (non-hydrogen) atoms. The Morgan fingerprint density at radius 2 is 1.31 bits per heavy atom. The van der Waals surface area contributed by atoms with Crippen molar-refractivity contribution >= 4 is 24.8 Å². The fourth-order valence-electron chi connectivity index (χ4n) is 0.342. The summed E-state index contributed by atoms with van der Waals surface area (Å²) in [6.45, 7) is 0. The molecule has 0 spiro atoms. The molecule has 0 N–H and O–H groups in total. The Labute approximate surface area is 104 Å². The van der Waals surface area contributed by atoms with Gasteiger partial charge in [-0.05, 0) is 14.1 Å². The van der Waals surface area contributed by atoms with E-state index in [1.807, 2.05) is 44.4 Å². The molecule has 0 heterocycles. The van der Waals surface area contributed by atoms with Crippen molar-refractivity contribution in [2.75, 3.05) is 14.1 Å². The average Bonchev–Trinajstić information content (AvgIpc) is 1.90. The van der Waals surface area contributed by atoms with Gasteiger partial charge in [0.25, 0.3) is 0 Å². The minimum absolute atomic E-state index is 0. The van der Waals surface area contributed by atoms with Crippen LogP contribution in [0.15, 0.2) is 30.3 Å². The molecule has 0 amide bonds. The molecule has 0 saturated heterocycles. The largest absolute Gasteiger partial charge is 2.00 e. The zero-order valence-corrected chi connectivity index (χ0v) is 10.7. The van der Waals surface area contributed by atoms with Crippen LogP contribution in [0.2, 0.25) is 0 Å². The number of halogens is 2. The van der Waals surface area contributed by atoms with E-state index in [9.17, 15) is 0 Å². The van der Waals surface area contributed by atoms with Gasteiger partial charge in [-0.25, -0.2) is 0 Å². The Kier molecular flexibility index (Phi) is 32.5. The van der Waals surface area contributed by atoms with Gasteiger partial charge in [-0.3, -0.25) is 7.05 Å². The molecule has 1 nitrogen and oxygen atoms in total. The van der Waals surface area contributed by atoms with Crippen molar-refractivity contribution < 1.29 is 17.4 Å². The molecular formula is C9H15Cl2CrN. The predicted octanol–water partition coefficient (Wildman–Crippen LogP) is 2.67. The van der Waals surface area contributed by atoms with Gasteiger partial charge in [0.15, 0.2) is 0 Å². The summed E-state index contributed by atoms with van der Waals surface area (Å²) < 4.78 is 0. The topological polar surface area (TPSA) is 3.24 Å². The van der Waals surface area contributed by atoms with Gasteiger partial charge in [0.1, 0.15) is 0 Å². The summed E-state index contributed by atoms with van der Waals surface area (Å²) in [7, 11) is 7.25. The summed E-state index contributed by atoms with van der Waals surface area (Å²) >= 11 is 0. The van der Waals surface area contributed by atoms with Crippen LogP contribution in [-0.2, 0) is 17.4 Å². The van der Waals surface area contributed by atoms with E-state index < -0.39 is 0 Å². The van der Waals surface area contributed by atoms with Crippen molar-refractivity contribution in [2.45, 2.75) is 0 Å². The summed E-state index contributed by atoms with van der Waals surface area (Å²) in [5.41, 5.74) is 0. The molecule has 0 aliphatic heterocycles. The van der Waals surface area contributed by atoms with Crippen molar-refractivity contribution in [2.24, 2.45) is 0 Å². The Morgan fingerprint density at radius 1 is 1.00 bits per heavy atom. The monoisotopic (exact) mass is 259 g/mol. The SMILES string of the molecule is Cl.Cl.[CH2-]N(C)C.[Cr+2].[c-]1ccccc1. The van der Waals surface area contributed by atoms with E-state index in [0.717, 1.165) is 0 Å². The molecule has 1 aromatic carbocycles. The molecule has 0 atom stereocenters. The van der Waals surface area contributed by atoms with Crippen LogP contribution >= 0.6 is 24.8 Å². The van der Waals surface area contributed by atoms with Crippen molar-refractivity contribution in [1.82, 2.24) is 4.90 Å². The standard InChI is InChI=1S/C6H5.C3H8N.2ClH.Cr/c1-2-4-6-5-3-1;1-4(2)3;;;/h1-5H;1H2,2-3H3;2*1H;/q2*-1;;;+2. The number of hydrogen-bond acceptors (Lipinski definition) is 1. The van der Waals surface area contributed by atoms with E-state index in [2.05, 4.69) is 13.1 Å². The van der Waals surface area contributed by atoms with E-state index in [0.29, 0.717) is 0 Å². The molecule has 0 aliphatic rings. The second-order valence-electron chi connectivity index (χ2n) is 2.16. The summed E-state index contributed by atoms with van der Waals surface area (Å²) in [6, 6.07) is 12.5. The maximum Gasteiger partial charge on any atom is 2.00 e. The molecular weight excluding hydrogens is 245 g/mol. The van der Waals surface area contributed by atoms with Crippen molar-refractivity contribution in [3.8, 4) is 0 Å². The quantitative estimate of drug-likeness (QED) is 0.648. The van der Waals surface area contributed by atoms with Crippen LogP contribution in [-0.4, -0.2) is 19.0 Å². The van der Waals surface area contributed by atoms with Crippen LogP contribution in [0.5, 0.6) is 0 Å². The van der Waals surface area contributed by atoms with Gasteiger partial charge in [-0.2, -0.15) is 36.4 Å². The third-order valence-electron chi connectivity index (χ3n) is 0.607. The van der Waals surface area contributed by atoms with Gasteiger partial charge in [0, 0.05) is 0 Å². The predicted molar refractivity (Wildman–Crippen MR) is 58.8 cm³/mol.